The number of hydrogen-bond acceptors (Lipinski definition) is 3. The maximum absolute atomic E-state index is 11.5. The minimum atomic E-state index is -1.52. The lowest BCUT2D eigenvalue weighted by molar-refractivity contribution is -0.146. The quantitative estimate of drug-likeness (QED) is 0.684. The maximum Gasteiger partial charge on any atom is 0.341 e. The van der Waals surface area contributed by atoms with E-state index in [9.17, 15) is 9.90 Å². The Morgan fingerprint density at radius 3 is 2.75 bits per heavy atom. The molecule has 3 heteroatoms. The molecular formula is C13H10O3. The smallest absolute Gasteiger partial charge is 0.341 e. The van der Waals surface area contributed by atoms with Gasteiger partial charge in [0.1, 0.15) is 0 Å². The molecule has 3 nitrogen and oxygen atoms in total. The van der Waals surface area contributed by atoms with Crippen LogP contribution in [0.2, 0.25) is 0 Å². The van der Waals surface area contributed by atoms with Crippen molar-refractivity contribution >= 4 is 16.7 Å². The zero-order chi connectivity index (χ0) is 11.3. The molecule has 16 heavy (non-hydrogen) atoms. The molecule has 0 aromatic heterocycles. The molecule has 0 unspecified atom stereocenters. The minimum Gasteiger partial charge on any atom is -0.425 e. The van der Waals surface area contributed by atoms with Crippen molar-refractivity contribution in [2.24, 2.45) is 0 Å². The van der Waals surface area contributed by atoms with E-state index in [2.05, 4.69) is 0 Å². The van der Waals surface area contributed by atoms with Gasteiger partial charge in [0.05, 0.1) is 5.56 Å². The van der Waals surface area contributed by atoms with E-state index in [0.717, 1.165) is 10.8 Å². The molecular weight excluding hydrogens is 204 g/mol. The molecule has 0 bridgehead atoms. The summed E-state index contributed by atoms with van der Waals surface area (Å²) in [5, 5.41) is 11.9. The van der Waals surface area contributed by atoms with E-state index in [1.165, 1.54) is 6.92 Å². The number of carbonyl (C=O) groups excluding carboxylic acids is 1. The van der Waals surface area contributed by atoms with Crippen molar-refractivity contribution < 1.29 is 14.6 Å². The second-order valence-electron chi connectivity index (χ2n) is 4.08. The van der Waals surface area contributed by atoms with Crippen molar-refractivity contribution in [1.82, 2.24) is 0 Å². The first-order valence-electron chi connectivity index (χ1n) is 5.07. The molecule has 2 aromatic carbocycles. The zero-order valence-electron chi connectivity index (χ0n) is 8.73. The molecule has 0 aliphatic carbocycles. The third-order valence-electron chi connectivity index (χ3n) is 2.90. The number of carbonyl (C=O) groups is 1. The van der Waals surface area contributed by atoms with Crippen molar-refractivity contribution in [2.45, 2.75) is 12.7 Å². The first kappa shape index (κ1) is 9.36. The topological polar surface area (TPSA) is 46.5 Å². The summed E-state index contributed by atoms with van der Waals surface area (Å²) in [6.45, 7) is 1.49. The van der Waals surface area contributed by atoms with E-state index in [1.54, 1.807) is 6.07 Å². The highest BCUT2D eigenvalue weighted by Crippen LogP contribution is 2.38. The standard InChI is InChI=1S/C13H10O3/c1-13(15)11-9-5-3-2-4-8(9)6-7-10(11)12(14)16-13/h2-7,15H,1H3/t13-/m0/s1. The van der Waals surface area contributed by atoms with Crippen molar-refractivity contribution in [3.8, 4) is 0 Å². The lowest BCUT2D eigenvalue weighted by Gasteiger charge is -2.17. The number of esters is 1. The van der Waals surface area contributed by atoms with Gasteiger partial charge in [-0.2, -0.15) is 0 Å². The van der Waals surface area contributed by atoms with Gasteiger partial charge in [0.2, 0.25) is 5.79 Å². The number of benzene rings is 2. The fourth-order valence-corrected chi connectivity index (χ4v) is 2.23. The minimum absolute atomic E-state index is 0.448. The SMILES string of the molecule is C[C@]1(O)OC(=O)c2ccc3ccccc3c21. The van der Waals surface area contributed by atoms with Crippen molar-refractivity contribution in [3.05, 3.63) is 47.5 Å². The summed E-state index contributed by atoms with van der Waals surface area (Å²) in [5.74, 6) is -1.99. The van der Waals surface area contributed by atoms with Gasteiger partial charge in [0.15, 0.2) is 0 Å². The molecule has 0 saturated heterocycles. The average Bonchev–Trinajstić information content (AvgIpc) is 2.49. The summed E-state index contributed by atoms with van der Waals surface area (Å²) in [5.41, 5.74) is 1.01. The number of hydrogen-bond donors (Lipinski definition) is 1. The van der Waals surface area contributed by atoms with Gasteiger partial charge in [-0.05, 0) is 16.8 Å². The largest absolute Gasteiger partial charge is 0.425 e. The van der Waals surface area contributed by atoms with Crippen LogP contribution < -0.4 is 0 Å². The highest BCUT2D eigenvalue weighted by molar-refractivity contribution is 6.02. The van der Waals surface area contributed by atoms with Crippen LogP contribution in [0.5, 0.6) is 0 Å². The fourth-order valence-electron chi connectivity index (χ4n) is 2.23. The van der Waals surface area contributed by atoms with Gasteiger partial charge in [-0.15, -0.1) is 0 Å². The van der Waals surface area contributed by atoms with E-state index >= 15 is 0 Å². The van der Waals surface area contributed by atoms with Gasteiger partial charge in [-0.25, -0.2) is 4.79 Å². The highest BCUT2D eigenvalue weighted by Gasteiger charge is 2.41. The first-order chi connectivity index (χ1) is 7.59. The molecule has 0 radical (unpaired) electrons. The van der Waals surface area contributed by atoms with E-state index in [0.29, 0.717) is 11.1 Å². The van der Waals surface area contributed by atoms with Gasteiger partial charge in [0, 0.05) is 12.5 Å². The van der Waals surface area contributed by atoms with Crippen LogP contribution in [-0.4, -0.2) is 11.1 Å². The predicted molar refractivity (Wildman–Crippen MR) is 58.9 cm³/mol. The van der Waals surface area contributed by atoms with Crippen LogP contribution in [0.1, 0.15) is 22.8 Å². The van der Waals surface area contributed by atoms with Crippen LogP contribution in [0.3, 0.4) is 0 Å². The monoisotopic (exact) mass is 214 g/mol. The van der Waals surface area contributed by atoms with E-state index in [4.69, 9.17) is 4.74 Å². The lowest BCUT2D eigenvalue weighted by atomic mass is 9.96. The molecule has 1 aliphatic heterocycles. The van der Waals surface area contributed by atoms with Gasteiger partial charge < -0.3 is 9.84 Å². The van der Waals surface area contributed by atoms with Gasteiger partial charge in [-0.1, -0.05) is 30.3 Å². The van der Waals surface area contributed by atoms with Crippen LogP contribution >= 0.6 is 0 Å². The summed E-state index contributed by atoms with van der Waals surface area (Å²) in [6.07, 6.45) is 0. The lowest BCUT2D eigenvalue weighted by Crippen LogP contribution is -2.20. The van der Waals surface area contributed by atoms with Crippen molar-refractivity contribution in [3.63, 3.8) is 0 Å². The fraction of sp³-hybridized carbons (Fsp3) is 0.154. The Hall–Kier alpha value is -1.87. The number of ether oxygens (including phenoxy) is 1. The summed E-state index contributed by atoms with van der Waals surface area (Å²) in [4.78, 5) is 11.5. The van der Waals surface area contributed by atoms with Gasteiger partial charge in [-0.3, -0.25) is 0 Å². The third-order valence-corrected chi connectivity index (χ3v) is 2.90. The molecule has 1 atom stereocenters. The summed E-state index contributed by atoms with van der Waals surface area (Å²) in [7, 11) is 0. The van der Waals surface area contributed by atoms with Crippen LogP contribution in [-0.2, 0) is 10.5 Å². The summed E-state index contributed by atoms with van der Waals surface area (Å²) >= 11 is 0. The number of cyclic esters (lactones) is 1. The van der Waals surface area contributed by atoms with E-state index in [1.807, 2.05) is 30.3 Å². The van der Waals surface area contributed by atoms with Crippen molar-refractivity contribution in [1.29, 1.82) is 0 Å². The van der Waals surface area contributed by atoms with Crippen LogP contribution in [0, 0.1) is 0 Å². The van der Waals surface area contributed by atoms with E-state index < -0.39 is 11.8 Å². The van der Waals surface area contributed by atoms with Gasteiger partial charge >= 0.3 is 5.97 Å². The second kappa shape index (κ2) is 2.83. The Bertz CT molecular complexity index is 599. The molecule has 0 spiro atoms. The highest BCUT2D eigenvalue weighted by atomic mass is 16.7. The number of rotatable bonds is 0. The predicted octanol–water partition coefficient (Wildman–Crippen LogP) is 2.18. The Labute approximate surface area is 92.3 Å². The first-order valence-corrected chi connectivity index (χ1v) is 5.07. The van der Waals surface area contributed by atoms with Gasteiger partial charge in [0.25, 0.3) is 0 Å². The van der Waals surface area contributed by atoms with Crippen LogP contribution in [0.4, 0.5) is 0 Å². The summed E-state index contributed by atoms with van der Waals surface area (Å²) in [6, 6.07) is 11.2. The Morgan fingerprint density at radius 1 is 1.19 bits per heavy atom. The second-order valence-corrected chi connectivity index (χ2v) is 4.08. The molecule has 1 N–H and O–H groups in total. The van der Waals surface area contributed by atoms with Crippen LogP contribution in [0.15, 0.2) is 36.4 Å². The molecule has 2 aromatic rings. The molecule has 3 rings (SSSR count). The average molecular weight is 214 g/mol. The molecule has 0 saturated carbocycles. The van der Waals surface area contributed by atoms with Crippen LogP contribution in [0.25, 0.3) is 10.8 Å². The maximum atomic E-state index is 11.5. The molecule has 0 fully saturated rings. The third kappa shape index (κ3) is 1.09. The normalized spacial score (nSPS) is 23.2. The molecule has 80 valence electrons. The Morgan fingerprint density at radius 2 is 1.94 bits per heavy atom. The summed E-state index contributed by atoms with van der Waals surface area (Å²) < 4.78 is 4.94. The molecule has 1 aliphatic rings. The van der Waals surface area contributed by atoms with Crippen molar-refractivity contribution in [2.75, 3.05) is 0 Å². The Kier molecular flexibility index (Phi) is 1.66. The molecule has 0 amide bonds. The van der Waals surface area contributed by atoms with E-state index in [-0.39, 0.29) is 0 Å². The number of fused-ring (bicyclic) bond motifs is 3. The number of aliphatic hydroxyl groups is 1. The zero-order valence-corrected chi connectivity index (χ0v) is 8.73. The molecule has 1 heterocycles. The Balaban J connectivity index is 2.47.